The Morgan fingerprint density at radius 3 is 2.74 bits per heavy atom. The molecule has 1 N–H and O–H groups in total. The van der Waals surface area contributed by atoms with Crippen LogP contribution in [-0.4, -0.2) is 28.6 Å². The van der Waals surface area contributed by atoms with E-state index in [-0.39, 0.29) is 16.6 Å². The smallest absolute Gasteiger partial charge is 0.336 e. The van der Waals surface area contributed by atoms with Gasteiger partial charge in [-0.2, -0.15) is 0 Å². The summed E-state index contributed by atoms with van der Waals surface area (Å²) >= 11 is 0. The van der Waals surface area contributed by atoms with Crippen LogP contribution < -0.4 is 4.90 Å². The molecule has 0 radical (unpaired) electrons. The third-order valence-electron chi connectivity index (χ3n) is 4.54. The molecule has 1 aliphatic rings. The van der Waals surface area contributed by atoms with Crippen LogP contribution in [0.1, 0.15) is 36.5 Å². The maximum Gasteiger partial charge on any atom is 0.336 e. The van der Waals surface area contributed by atoms with Crippen molar-refractivity contribution in [2.24, 2.45) is 0 Å². The van der Waals surface area contributed by atoms with E-state index < -0.39 is 10.9 Å². The molecule has 6 heteroatoms. The van der Waals surface area contributed by atoms with E-state index >= 15 is 0 Å². The number of benzene rings is 2. The fourth-order valence-corrected chi connectivity index (χ4v) is 3.41. The highest BCUT2D eigenvalue weighted by Crippen LogP contribution is 2.38. The molecule has 1 fully saturated rings. The Morgan fingerprint density at radius 2 is 2.09 bits per heavy atom. The zero-order valence-electron chi connectivity index (χ0n) is 12.9. The standard InChI is InChI=1S/C17H18N2O4/c1-11-5-2-3-10-18(11)14-8-9-15(19(22)23)16-12(14)6-4-7-13(16)17(20)21/h4,6-9,11H,2-3,5,10H2,1H3,(H,20,21)/t11-/m0/s1. The molecule has 0 amide bonds. The lowest BCUT2D eigenvalue weighted by molar-refractivity contribution is -0.383. The normalized spacial score (nSPS) is 18.1. The van der Waals surface area contributed by atoms with Crippen molar-refractivity contribution in [2.75, 3.05) is 11.4 Å². The number of nitro benzene ring substituents is 1. The highest BCUT2D eigenvalue weighted by Gasteiger charge is 2.25. The van der Waals surface area contributed by atoms with Crippen LogP contribution in [0.4, 0.5) is 11.4 Å². The SMILES string of the molecule is C[C@H]1CCCCN1c1ccc([N+](=O)[O-])c2c(C(=O)O)cccc12. The number of nitrogens with zero attached hydrogens (tertiary/aromatic N) is 2. The number of carboxylic acids is 1. The van der Waals surface area contributed by atoms with Crippen molar-refractivity contribution in [3.8, 4) is 0 Å². The molecule has 1 atom stereocenters. The van der Waals surface area contributed by atoms with E-state index in [1.165, 1.54) is 18.6 Å². The minimum Gasteiger partial charge on any atom is -0.478 e. The lowest BCUT2D eigenvalue weighted by atomic mass is 9.97. The minimum absolute atomic E-state index is 0.0271. The predicted molar refractivity (Wildman–Crippen MR) is 88.2 cm³/mol. The summed E-state index contributed by atoms with van der Waals surface area (Å²) in [6, 6.07) is 8.33. The number of non-ortho nitro benzene ring substituents is 1. The van der Waals surface area contributed by atoms with Gasteiger partial charge in [-0.3, -0.25) is 10.1 Å². The molecule has 0 aliphatic carbocycles. The van der Waals surface area contributed by atoms with Gasteiger partial charge in [0.15, 0.2) is 0 Å². The second kappa shape index (κ2) is 5.87. The van der Waals surface area contributed by atoms with E-state index in [1.807, 2.05) is 0 Å². The molecule has 0 aromatic heterocycles. The molecule has 0 bridgehead atoms. The molecular weight excluding hydrogens is 296 g/mol. The van der Waals surface area contributed by atoms with Gasteiger partial charge >= 0.3 is 5.97 Å². The molecule has 23 heavy (non-hydrogen) atoms. The number of hydrogen-bond acceptors (Lipinski definition) is 4. The van der Waals surface area contributed by atoms with Crippen LogP contribution in [0.2, 0.25) is 0 Å². The van der Waals surface area contributed by atoms with Crippen LogP contribution in [0.3, 0.4) is 0 Å². The van der Waals surface area contributed by atoms with Crippen molar-refractivity contribution in [3.63, 3.8) is 0 Å². The van der Waals surface area contributed by atoms with Gasteiger partial charge in [-0.15, -0.1) is 0 Å². The number of hydrogen-bond donors (Lipinski definition) is 1. The second-order valence-corrected chi connectivity index (χ2v) is 5.93. The Balaban J connectivity index is 2.29. The van der Waals surface area contributed by atoms with Gasteiger partial charge < -0.3 is 10.0 Å². The fraction of sp³-hybridized carbons (Fsp3) is 0.353. The summed E-state index contributed by atoms with van der Waals surface area (Å²) in [5, 5.41) is 21.6. The number of aromatic carboxylic acids is 1. The number of nitro groups is 1. The number of fused-ring (bicyclic) bond motifs is 1. The summed E-state index contributed by atoms with van der Waals surface area (Å²) in [6.45, 7) is 3.01. The Morgan fingerprint density at radius 1 is 1.30 bits per heavy atom. The van der Waals surface area contributed by atoms with Crippen LogP contribution in [-0.2, 0) is 0 Å². The quantitative estimate of drug-likeness (QED) is 0.687. The summed E-state index contributed by atoms with van der Waals surface area (Å²) in [7, 11) is 0. The fourth-order valence-electron chi connectivity index (χ4n) is 3.41. The van der Waals surface area contributed by atoms with Crippen LogP contribution in [0.25, 0.3) is 10.8 Å². The highest BCUT2D eigenvalue weighted by molar-refractivity contribution is 6.11. The molecule has 3 rings (SSSR count). The Kier molecular flexibility index (Phi) is 3.90. The van der Waals surface area contributed by atoms with Gasteiger partial charge in [0, 0.05) is 29.7 Å². The topological polar surface area (TPSA) is 83.7 Å². The summed E-state index contributed by atoms with van der Waals surface area (Å²) in [5.41, 5.74) is 0.688. The summed E-state index contributed by atoms with van der Waals surface area (Å²) in [5.74, 6) is -1.15. The summed E-state index contributed by atoms with van der Waals surface area (Å²) in [4.78, 5) is 24.6. The minimum atomic E-state index is -1.15. The molecule has 1 heterocycles. The van der Waals surface area contributed by atoms with Gasteiger partial charge in [-0.05, 0) is 38.3 Å². The number of piperidine rings is 1. The number of anilines is 1. The summed E-state index contributed by atoms with van der Waals surface area (Å²) < 4.78 is 0. The van der Waals surface area contributed by atoms with Gasteiger partial charge in [0.1, 0.15) is 0 Å². The van der Waals surface area contributed by atoms with E-state index in [4.69, 9.17) is 0 Å². The van der Waals surface area contributed by atoms with Crippen LogP contribution in [0, 0.1) is 10.1 Å². The average molecular weight is 314 g/mol. The second-order valence-electron chi connectivity index (χ2n) is 5.93. The zero-order chi connectivity index (χ0) is 16.6. The van der Waals surface area contributed by atoms with Crippen LogP contribution >= 0.6 is 0 Å². The molecule has 1 saturated heterocycles. The molecule has 0 spiro atoms. The monoisotopic (exact) mass is 314 g/mol. The van der Waals surface area contributed by atoms with Crippen LogP contribution in [0.5, 0.6) is 0 Å². The third-order valence-corrected chi connectivity index (χ3v) is 4.54. The van der Waals surface area contributed by atoms with Crippen molar-refractivity contribution < 1.29 is 14.8 Å². The number of carboxylic acid groups (broad SMARTS) is 1. The Hall–Kier alpha value is -2.63. The molecule has 2 aromatic carbocycles. The first kappa shape index (κ1) is 15.3. The Labute approximate surface area is 133 Å². The summed E-state index contributed by atoms with van der Waals surface area (Å²) in [6.07, 6.45) is 3.31. The maximum atomic E-state index is 11.5. The van der Waals surface area contributed by atoms with Gasteiger partial charge in [0.2, 0.25) is 0 Å². The van der Waals surface area contributed by atoms with Crippen molar-refractivity contribution in [1.29, 1.82) is 0 Å². The molecule has 6 nitrogen and oxygen atoms in total. The average Bonchev–Trinajstić information content (AvgIpc) is 2.53. The predicted octanol–water partition coefficient (Wildman–Crippen LogP) is 3.83. The van der Waals surface area contributed by atoms with Crippen molar-refractivity contribution in [3.05, 3.63) is 46.0 Å². The molecule has 0 saturated carbocycles. The molecular formula is C17H18N2O4. The lowest BCUT2D eigenvalue weighted by Crippen LogP contribution is -2.37. The number of carbonyl (C=O) groups is 1. The van der Waals surface area contributed by atoms with E-state index in [9.17, 15) is 20.0 Å². The molecule has 0 unspecified atom stereocenters. The molecule has 120 valence electrons. The van der Waals surface area contributed by atoms with Crippen molar-refractivity contribution in [2.45, 2.75) is 32.2 Å². The van der Waals surface area contributed by atoms with Crippen molar-refractivity contribution >= 4 is 28.1 Å². The van der Waals surface area contributed by atoms with Crippen LogP contribution in [0.15, 0.2) is 30.3 Å². The molecule has 2 aromatic rings. The maximum absolute atomic E-state index is 11.5. The largest absolute Gasteiger partial charge is 0.478 e. The first-order valence-electron chi connectivity index (χ1n) is 7.70. The zero-order valence-corrected chi connectivity index (χ0v) is 12.9. The third kappa shape index (κ3) is 2.60. The first-order valence-corrected chi connectivity index (χ1v) is 7.70. The van der Waals surface area contributed by atoms with Gasteiger partial charge in [0.05, 0.1) is 15.9 Å². The van der Waals surface area contributed by atoms with Gasteiger partial charge in [-0.1, -0.05) is 12.1 Å². The van der Waals surface area contributed by atoms with Gasteiger partial charge in [-0.25, -0.2) is 4.79 Å². The highest BCUT2D eigenvalue weighted by atomic mass is 16.6. The van der Waals surface area contributed by atoms with E-state index in [0.29, 0.717) is 11.4 Å². The lowest BCUT2D eigenvalue weighted by Gasteiger charge is -2.36. The van der Waals surface area contributed by atoms with E-state index in [0.717, 1.165) is 25.1 Å². The Bertz CT molecular complexity index is 767. The van der Waals surface area contributed by atoms with E-state index in [2.05, 4.69) is 11.8 Å². The van der Waals surface area contributed by atoms with Crippen molar-refractivity contribution in [1.82, 2.24) is 0 Å². The van der Waals surface area contributed by atoms with Gasteiger partial charge in [0.25, 0.3) is 5.69 Å². The van der Waals surface area contributed by atoms with E-state index in [1.54, 1.807) is 18.2 Å². The first-order chi connectivity index (χ1) is 11.0. The number of rotatable bonds is 3. The molecule has 1 aliphatic heterocycles.